The van der Waals surface area contributed by atoms with Gasteiger partial charge in [-0.15, -0.1) is 10.2 Å². The van der Waals surface area contributed by atoms with Gasteiger partial charge in [0.15, 0.2) is 11.0 Å². The normalized spacial score (nSPS) is 10.8. The number of carbonyl (C=O) groups is 1. The van der Waals surface area contributed by atoms with Gasteiger partial charge in [-0.25, -0.2) is 0 Å². The smallest absolute Gasteiger partial charge is 0.251 e. The van der Waals surface area contributed by atoms with Crippen molar-refractivity contribution < 1.29 is 4.79 Å². The van der Waals surface area contributed by atoms with Crippen molar-refractivity contribution >= 4 is 52.5 Å². The average Bonchev–Trinajstić information content (AvgIpc) is 3.21. The van der Waals surface area contributed by atoms with Gasteiger partial charge in [0.25, 0.3) is 5.91 Å². The van der Waals surface area contributed by atoms with Gasteiger partial charge in [-0.3, -0.25) is 9.36 Å². The Morgan fingerprint density at radius 3 is 2.47 bits per heavy atom. The Morgan fingerprint density at radius 1 is 0.906 bits per heavy atom. The summed E-state index contributed by atoms with van der Waals surface area (Å²) in [6.45, 7) is 0.146. The molecule has 0 aliphatic heterocycles. The van der Waals surface area contributed by atoms with E-state index in [0.717, 1.165) is 5.56 Å². The molecule has 0 atom stereocenters. The van der Waals surface area contributed by atoms with Gasteiger partial charge in [0.05, 0.1) is 17.3 Å². The molecule has 5 nitrogen and oxygen atoms in total. The fourth-order valence-corrected chi connectivity index (χ4v) is 4.50. The molecule has 0 radical (unpaired) electrons. The second-order valence-corrected chi connectivity index (χ2v) is 9.02. The van der Waals surface area contributed by atoms with E-state index >= 15 is 0 Å². The Kier molecular flexibility index (Phi) is 7.37. The highest BCUT2D eigenvalue weighted by Crippen LogP contribution is 2.31. The molecule has 0 aliphatic rings. The van der Waals surface area contributed by atoms with Crippen LogP contribution < -0.4 is 5.32 Å². The second kappa shape index (κ2) is 10.4. The van der Waals surface area contributed by atoms with Crippen LogP contribution in [-0.4, -0.2) is 20.7 Å². The molecule has 0 aliphatic carbocycles. The third kappa shape index (κ3) is 5.45. The molecule has 4 aromatic rings. The second-order valence-electron chi connectivity index (χ2n) is 6.80. The van der Waals surface area contributed by atoms with Crippen molar-refractivity contribution in [2.24, 2.45) is 0 Å². The highest BCUT2D eigenvalue weighted by Gasteiger charge is 2.18. The predicted octanol–water partition coefficient (Wildman–Crippen LogP) is 6.45. The Balaban J connectivity index is 1.62. The fourth-order valence-electron chi connectivity index (χ4n) is 3.02. The molecular formula is C23H17Cl3N4OS. The van der Waals surface area contributed by atoms with E-state index in [2.05, 4.69) is 15.5 Å². The van der Waals surface area contributed by atoms with E-state index in [1.54, 1.807) is 42.5 Å². The maximum absolute atomic E-state index is 12.6. The van der Waals surface area contributed by atoms with Gasteiger partial charge in [-0.2, -0.15) is 0 Å². The topological polar surface area (TPSA) is 59.8 Å². The Bertz CT molecular complexity index is 1250. The van der Waals surface area contributed by atoms with Crippen LogP contribution in [0.5, 0.6) is 0 Å². The van der Waals surface area contributed by atoms with Gasteiger partial charge >= 0.3 is 0 Å². The molecule has 0 spiro atoms. The first-order valence-electron chi connectivity index (χ1n) is 9.61. The lowest BCUT2D eigenvalue weighted by molar-refractivity contribution is 0.0949. The Morgan fingerprint density at radius 2 is 1.69 bits per heavy atom. The maximum Gasteiger partial charge on any atom is 0.251 e. The number of hydrogen-bond acceptors (Lipinski definition) is 4. The number of amides is 1. The van der Waals surface area contributed by atoms with Gasteiger partial charge in [-0.05, 0) is 42.0 Å². The van der Waals surface area contributed by atoms with Crippen LogP contribution in [0.1, 0.15) is 21.7 Å². The number of hydrogen-bond donors (Lipinski definition) is 1. The molecule has 4 rings (SSSR count). The lowest BCUT2D eigenvalue weighted by Crippen LogP contribution is -2.24. The van der Waals surface area contributed by atoms with Gasteiger partial charge < -0.3 is 5.32 Å². The monoisotopic (exact) mass is 502 g/mol. The van der Waals surface area contributed by atoms with Crippen LogP contribution in [0.25, 0.3) is 5.69 Å². The molecule has 0 saturated heterocycles. The van der Waals surface area contributed by atoms with Crippen LogP contribution >= 0.6 is 46.6 Å². The van der Waals surface area contributed by atoms with Crippen molar-refractivity contribution in [3.05, 3.63) is 105 Å². The molecule has 32 heavy (non-hydrogen) atoms. The quantitative estimate of drug-likeness (QED) is 0.294. The average molecular weight is 504 g/mol. The number of nitrogens with one attached hydrogen (secondary N) is 1. The lowest BCUT2D eigenvalue weighted by atomic mass is 10.2. The number of rotatable bonds is 7. The minimum absolute atomic E-state index is 0.146. The largest absolute Gasteiger partial charge is 0.345 e. The predicted molar refractivity (Wildman–Crippen MR) is 130 cm³/mol. The molecule has 0 fully saturated rings. The zero-order valence-corrected chi connectivity index (χ0v) is 19.7. The van der Waals surface area contributed by atoms with Gasteiger partial charge in [0.2, 0.25) is 0 Å². The molecule has 1 aromatic heterocycles. The molecule has 1 heterocycles. The van der Waals surface area contributed by atoms with Crippen LogP contribution in [-0.2, 0) is 12.3 Å². The fraction of sp³-hybridized carbons (Fsp3) is 0.0870. The van der Waals surface area contributed by atoms with Crippen molar-refractivity contribution in [3.8, 4) is 5.69 Å². The summed E-state index contributed by atoms with van der Waals surface area (Å²) in [6, 6.07) is 22.0. The van der Waals surface area contributed by atoms with Crippen molar-refractivity contribution in [2.75, 3.05) is 0 Å². The number of halogens is 3. The highest BCUT2D eigenvalue weighted by atomic mass is 35.5. The summed E-state index contributed by atoms with van der Waals surface area (Å²) in [5, 5.41) is 13.7. The summed E-state index contributed by atoms with van der Waals surface area (Å²) >= 11 is 20.2. The third-order valence-electron chi connectivity index (χ3n) is 4.55. The number of benzene rings is 3. The van der Waals surface area contributed by atoms with E-state index in [-0.39, 0.29) is 12.5 Å². The van der Waals surface area contributed by atoms with E-state index in [4.69, 9.17) is 34.8 Å². The van der Waals surface area contributed by atoms with Crippen LogP contribution in [0.3, 0.4) is 0 Å². The number of thioether (sulfide) groups is 1. The first-order valence-corrected chi connectivity index (χ1v) is 11.7. The SMILES string of the molecule is O=C(NCc1nnc(SCc2ccccc2)n1-c1cc(Cl)ccc1Cl)c1cccc(Cl)c1. The van der Waals surface area contributed by atoms with Crippen molar-refractivity contribution in [3.63, 3.8) is 0 Å². The van der Waals surface area contributed by atoms with Crippen LogP contribution in [0.2, 0.25) is 15.1 Å². The van der Waals surface area contributed by atoms with Gasteiger partial charge in [0, 0.05) is 21.4 Å². The van der Waals surface area contributed by atoms with Crippen molar-refractivity contribution in [2.45, 2.75) is 17.5 Å². The molecule has 162 valence electrons. The molecular weight excluding hydrogens is 487 g/mol. The minimum Gasteiger partial charge on any atom is -0.345 e. The molecule has 3 aromatic carbocycles. The van der Waals surface area contributed by atoms with Crippen LogP contribution in [0, 0.1) is 0 Å². The Hall–Kier alpha value is -2.51. The van der Waals surface area contributed by atoms with E-state index in [9.17, 15) is 4.79 Å². The number of nitrogens with zero attached hydrogens (tertiary/aromatic N) is 3. The molecule has 0 unspecified atom stereocenters. The number of carbonyl (C=O) groups excluding carboxylic acids is 1. The summed E-state index contributed by atoms with van der Waals surface area (Å²) in [7, 11) is 0. The highest BCUT2D eigenvalue weighted by molar-refractivity contribution is 7.98. The first kappa shape index (κ1) is 22.7. The summed E-state index contributed by atoms with van der Waals surface area (Å²) in [6.07, 6.45) is 0. The third-order valence-corrected chi connectivity index (χ3v) is 6.34. The van der Waals surface area contributed by atoms with E-state index in [1.807, 2.05) is 34.9 Å². The molecule has 1 N–H and O–H groups in total. The zero-order chi connectivity index (χ0) is 22.5. The molecule has 0 bridgehead atoms. The van der Waals surface area contributed by atoms with Gasteiger partial charge in [0.1, 0.15) is 0 Å². The van der Waals surface area contributed by atoms with Crippen molar-refractivity contribution in [1.29, 1.82) is 0 Å². The Labute approximate surface area is 204 Å². The standard InChI is InChI=1S/C23H17Cl3N4OS/c24-17-8-4-7-16(11-17)22(31)27-13-21-28-29-23(32-14-15-5-2-1-3-6-15)30(21)20-12-18(25)9-10-19(20)26/h1-12H,13-14H2,(H,27,31). The zero-order valence-electron chi connectivity index (χ0n) is 16.6. The van der Waals surface area contributed by atoms with E-state index < -0.39 is 0 Å². The first-order chi connectivity index (χ1) is 15.5. The van der Waals surface area contributed by atoms with Crippen LogP contribution in [0.15, 0.2) is 78.0 Å². The summed E-state index contributed by atoms with van der Waals surface area (Å²) < 4.78 is 1.82. The van der Waals surface area contributed by atoms with E-state index in [0.29, 0.717) is 43.1 Å². The number of aromatic nitrogens is 3. The van der Waals surface area contributed by atoms with Crippen molar-refractivity contribution in [1.82, 2.24) is 20.1 Å². The summed E-state index contributed by atoms with van der Waals surface area (Å²) in [5.41, 5.74) is 2.26. The molecule has 0 saturated carbocycles. The molecule has 9 heteroatoms. The summed E-state index contributed by atoms with van der Waals surface area (Å²) in [5.74, 6) is 0.962. The van der Waals surface area contributed by atoms with Crippen LogP contribution in [0.4, 0.5) is 0 Å². The summed E-state index contributed by atoms with van der Waals surface area (Å²) in [4.78, 5) is 12.6. The van der Waals surface area contributed by atoms with Gasteiger partial charge in [-0.1, -0.05) is 83.0 Å². The molecule has 1 amide bonds. The minimum atomic E-state index is -0.266. The lowest BCUT2D eigenvalue weighted by Gasteiger charge is -2.13. The maximum atomic E-state index is 12.6. The van der Waals surface area contributed by atoms with E-state index in [1.165, 1.54) is 11.8 Å².